The smallest absolute Gasteiger partial charge is 0.109 e. The van der Waals surface area contributed by atoms with Gasteiger partial charge in [-0.05, 0) is 31.6 Å². The van der Waals surface area contributed by atoms with Crippen molar-refractivity contribution < 1.29 is 14.2 Å². The fraction of sp³-hybridized carbons (Fsp3) is 1.00. The molecule has 1 aliphatic carbocycles. The van der Waals surface area contributed by atoms with Gasteiger partial charge < -0.3 is 19.5 Å². The molecule has 0 amide bonds. The molecule has 0 radical (unpaired) electrons. The van der Waals surface area contributed by atoms with Crippen LogP contribution in [0.25, 0.3) is 0 Å². The number of hydrogen-bond acceptors (Lipinski definition) is 4. The van der Waals surface area contributed by atoms with Crippen molar-refractivity contribution in [2.24, 2.45) is 5.92 Å². The monoisotopic (exact) mass is 255 g/mol. The molecule has 3 aliphatic rings. The summed E-state index contributed by atoms with van der Waals surface area (Å²) in [5.74, 6) is 0.721. The zero-order chi connectivity index (χ0) is 12.4. The van der Waals surface area contributed by atoms with Crippen LogP contribution in [0.15, 0.2) is 0 Å². The molecule has 3 fully saturated rings. The van der Waals surface area contributed by atoms with Crippen LogP contribution in [0.3, 0.4) is 0 Å². The Balaban J connectivity index is 1.66. The SMILES string of the molecule is COC1CCC(C2NCCOC23CCOC3)CC1. The molecular weight excluding hydrogens is 230 g/mol. The summed E-state index contributed by atoms with van der Waals surface area (Å²) in [5, 5.41) is 3.71. The van der Waals surface area contributed by atoms with Crippen molar-refractivity contribution in [3.63, 3.8) is 0 Å². The average molecular weight is 255 g/mol. The van der Waals surface area contributed by atoms with Crippen LogP contribution < -0.4 is 5.32 Å². The summed E-state index contributed by atoms with van der Waals surface area (Å²) in [6, 6.07) is 0.478. The maximum absolute atomic E-state index is 6.13. The number of hydrogen-bond donors (Lipinski definition) is 1. The molecule has 2 aliphatic heterocycles. The molecule has 4 heteroatoms. The highest BCUT2D eigenvalue weighted by molar-refractivity contribution is 5.02. The second-order valence-electron chi connectivity index (χ2n) is 5.92. The fourth-order valence-corrected chi connectivity index (χ4v) is 3.92. The highest BCUT2D eigenvalue weighted by atomic mass is 16.6. The Kier molecular flexibility index (Phi) is 3.89. The Morgan fingerprint density at radius 3 is 2.67 bits per heavy atom. The number of nitrogens with one attached hydrogen (secondary N) is 1. The lowest BCUT2D eigenvalue weighted by molar-refractivity contribution is -0.117. The van der Waals surface area contributed by atoms with Crippen molar-refractivity contribution in [3.8, 4) is 0 Å². The van der Waals surface area contributed by atoms with Crippen molar-refractivity contribution >= 4 is 0 Å². The summed E-state index contributed by atoms with van der Waals surface area (Å²) >= 11 is 0. The van der Waals surface area contributed by atoms with E-state index in [-0.39, 0.29) is 5.60 Å². The van der Waals surface area contributed by atoms with Gasteiger partial charge >= 0.3 is 0 Å². The summed E-state index contributed by atoms with van der Waals surface area (Å²) in [4.78, 5) is 0. The molecule has 0 aromatic carbocycles. The quantitative estimate of drug-likeness (QED) is 0.808. The van der Waals surface area contributed by atoms with E-state index >= 15 is 0 Å². The van der Waals surface area contributed by atoms with Crippen molar-refractivity contribution in [2.75, 3.05) is 33.5 Å². The second kappa shape index (κ2) is 5.45. The molecule has 1 N–H and O–H groups in total. The van der Waals surface area contributed by atoms with Gasteiger partial charge in [-0.3, -0.25) is 0 Å². The molecule has 2 saturated heterocycles. The van der Waals surface area contributed by atoms with Gasteiger partial charge in [0.2, 0.25) is 0 Å². The van der Waals surface area contributed by atoms with E-state index in [4.69, 9.17) is 14.2 Å². The van der Waals surface area contributed by atoms with Gasteiger partial charge in [0, 0.05) is 32.7 Å². The van der Waals surface area contributed by atoms with E-state index in [2.05, 4.69) is 5.32 Å². The van der Waals surface area contributed by atoms with E-state index < -0.39 is 0 Å². The lowest BCUT2D eigenvalue weighted by atomic mass is 9.74. The van der Waals surface area contributed by atoms with Gasteiger partial charge in [-0.2, -0.15) is 0 Å². The Labute approximate surface area is 109 Å². The predicted molar refractivity (Wildman–Crippen MR) is 68.7 cm³/mol. The Bertz CT molecular complexity index is 270. The first kappa shape index (κ1) is 12.9. The normalized spacial score (nSPS) is 45.5. The van der Waals surface area contributed by atoms with Gasteiger partial charge in [-0.25, -0.2) is 0 Å². The summed E-state index contributed by atoms with van der Waals surface area (Å²) in [6.07, 6.45) is 6.41. The number of methoxy groups -OCH3 is 1. The van der Waals surface area contributed by atoms with E-state index in [1.54, 1.807) is 0 Å². The van der Waals surface area contributed by atoms with Gasteiger partial charge in [0.25, 0.3) is 0 Å². The number of rotatable bonds is 2. The summed E-state index contributed by atoms with van der Waals surface area (Å²) in [6.45, 7) is 3.43. The van der Waals surface area contributed by atoms with Crippen LogP contribution >= 0.6 is 0 Å². The van der Waals surface area contributed by atoms with E-state index in [1.165, 1.54) is 25.7 Å². The van der Waals surface area contributed by atoms with Crippen molar-refractivity contribution in [1.82, 2.24) is 5.32 Å². The molecule has 0 bridgehead atoms. The van der Waals surface area contributed by atoms with Crippen LogP contribution in [-0.4, -0.2) is 51.2 Å². The molecule has 2 unspecified atom stereocenters. The molecule has 4 nitrogen and oxygen atoms in total. The molecule has 1 saturated carbocycles. The van der Waals surface area contributed by atoms with Crippen molar-refractivity contribution in [2.45, 2.75) is 49.9 Å². The molecule has 0 aromatic heterocycles. The fourth-order valence-electron chi connectivity index (χ4n) is 3.92. The minimum absolute atomic E-state index is 0.0389. The maximum Gasteiger partial charge on any atom is 0.109 e. The van der Waals surface area contributed by atoms with E-state index in [9.17, 15) is 0 Å². The zero-order valence-corrected chi connectivity index (χ0v) is 11.3. The summed E-state index contributed by atoms with van der Waals surface area (Å²) in [5.41, 5.74) is -0.0389. The topological polar surface area (TPSA) is 39.7 Å². The van der Waals surface area contributed by atoms with Gasteiger partial charge in [0.1, 0.15) is 5.60 Å². The zero-order valence-electron chi connectivity index (χ0n) is 11.3. The maximum atomic E-state index is 6.13. The molecule has 104 valence electrons. The third kappa shape index (κ3) is 2.31. The first-order valence-electron chi connectivity index (χ1n) is 7.32. The minimum Gasteiger partial charge on any atom is -0.381 e. The Morgan fingerprint density at radius 1 is 1.17 bits per heavy atom. The van der Waals surface area contributed by atoms with Gasteiger partial charge in [0.05, 0.1) is 19.3 Å². The first-order chi connectivity index (χ1) is 8.84. The molecule has 0 aromatic rings. The summed E-state index contributed by atoms with van der Waals surface area (Å²) in [7, 11) is 1.83. The summed E-state index contributed by atoms with van der Waals surface area (Å²) < 4.78 is 17.2. The Hall–Kier alpha value is -0.160. The average Bonchev–Trinajstić information content (AvgIpc) is 2.88. The van der Waals surface area contributed by atoms with Gasteiger partial charge in [0.15, 0.2) is 0 Å². The molecule has 1 spiro atoms. The van der Waals surface area contributed by atoms with Crippen LogP contribution in [0.5, 0.6) is 0 Å². The Morgan fingerprint density at radius 2 is 2.00 bits per heavy atom. The highest BCUT2D eigenvalue weighted by Crippen LogP contribution is 2.38. The lowest BCUT2D eigenvalue weighted by Gasteiger charge is -2.46. The van der Waals surface area contributed by atoms with Gasteiger partial charge in [-0.1, -0.05) is 0 Å². The van der Waals surface area contributed by atoms with E-state index in [0.29, 0.717) is 12.1 Å². The van der Waals surface area contributed by atoms with Crippen LogP contribution in [0.1, 0.15) is 32.1 Å². The largest absolute Gasteiger partial charge is 0.381 e. The van der Waals surface area contributed by atoms with E-state index in [0.717, 1.165) is 38.7 Å². The van der Waals surface area contributed by atoms with Crippen molar-refractivity contribution in [3.05, 3.63) is 0 Å². The third-order valence-corrected chi connectivity index (χ3v) is 4.96. The minimum atomic E-state index is -0.0389. The number of ether oxygens (including phenoxy) is 3. The first-order valence-corrected chi connectivity index (χ1v) is 7.32. The third-order valence-electron chi connectivity index (χ3n) is 4.96. The molecule has 2 atom stereocenters. The van der Waals surface area contributed by atoms with Crippen LogP contribution in [0, 0.1) is 5.92 Å². The number of morpholine rings is 1. The van der Waals surface area contributed by atoms with Gasteiger partial charge in [-0.15, -0.1) is 0 Å². The van der Waals surface area contributed by atoms with Crippen LogP contribution in [-0.2, 0) is 14.2 Å². The van der Waals surface area contributed by atoms with Crippen LogP contribution in [0.4, 0.5) is 0 Å². The van der Waals surface area contributed by atoms with Crippen LogP contribution in [0.2, 0.25) is 0 Å². The lowest BCUT2D eigenvalue weighted by Crippen LogP contribution is -2.62. The molecule has 2 heterocycles. The second-order valence-corrected chi connectivity index (χ2v) is 5.92. The van der Waals surface area contributed by atoms with Crippen molar-refractivity contribution in [1.29, 1.82) is 0 Å². The molecule has 18 heavy (non-hydrogen) atoms. The molecule has 3 rings (SSSR count). The standard InChI is InChI=1S/C14H25NO3/c1-16-12-4-2-11(3-5-12)13-14(6-8-17-10-14)18-9-7-15-13/h11-13,15H,2-10H2,1H3. The predicted octanol–water partition coefficient (Wildman–Crippen LogP) is 1.34. The van der Waals surface area contributed by atoms with E-state index in [1.807, 2.05) is 7.11 Å². The molecular formula is C14H25NO3. The highest BCUT2D eigenvalue weighted by Gasteiger charge is 2.48.